The van der Waals surface area contributed by atoms with Crippen molar-refractivity contribution in [2.45, 2.75) is 51.7 Å². The van der Waals surface area contributed by atoms with Gasteiger partial charge < -0.3 is 13.9 Å². The normalized spacial score (nSPS) is 18.1. The second-order valence-electron chi connectivity index (χ2n) is 8.74. The SMILES string of the molecule is CCOC(=O)N(c1c(C(=O)N(C)OC)oc2cnc(-c3cnn(C)c3)cc12)C1CCCO[C@@H](CC)C1. The lowest BCUT2D eigenvalue weighted by Crippen LogP contribution is -2.43. The molecule has 0 aliphatic carbocycles. The highest BCUT2D eigenvalue weighted by Gasteiger charge is 2.37. The van der Waals surface area contributed by atoms with Gasteiger partial charge in [0.15, 0.2) is 5.58 Å². The first kappa shape index (κ1) is 25.6. The van der Waals surface area contributed by atoms with Crippen molar-refractivity contribution in [2.24, 2.45) is 7.05 Å². The van der Waals surface area contributed by atoms with Crippen LogP contribution >= 0.6 is 0 Å². The van der Waals surface area contributed by atoms with E-state index in [0.717, 1.165) is 23.5 Å². The molecule has 3 aromatic heterocycles. The smallest absolute Gasteiger partial charge is 0.414 e. The third-order valence-corrected chi connectivity index (χ3v) is 6.40. The highest BCUT2D eigenvalue weighted by molar-refractivity contribution is 6.11. The van der Waals surface area contributed by atoms with Crippen LogP contribution in [0.25, 0.3) is 22.2 Å². The molecule has 1 aliphatic heterocycles. The second kappa shape index (κ2) is 11.1. The molecule has 1 unspecified atom stereocenters. The molecule has 2 atom stereocenters. The van der Waals surface area contributed by atoms with Gasteiger partial charge in [0.05, 0.1) is 37.9 Å². The summed E-state index contributed by atoms with van der Waals surface area (Å²) in [7, 11) is 4.70. The van der Waals surface area contributed by atoms with E-state index < -0.39 is 12.0 Å². The molecule has 11 nitrogen and oxygen atoms in total. The maximum atomic E-state index is 13.5. The van der Waals surface area contributed by atoms with Crippen LogP contribution in [0.1, 0.15) is 50.1 Å². The monoisotopic (exact) mass is 499 g/mol. The number of ether oxygens (including phenoxy) is 2. The van der Waals surface area contributed by atoms with Crippen LogP contribution < -0.4 is 4.90 Å². The number of carbonyl (C=O) groups is 2. The predicted octanol–water partition coefficient (Wildman–Crippen LogP) is 4.17. The molecule has 4 rings (SSSR count). The Morgan fingerprint density at radius 1 is 1.28 bits per heavy atom. The Balaban J connectivity index is 1.94. The summed E-state index contributed by atoms with van der Waals surface area (Å²) in [6.45, 7) is 4.62. The van der Waals surface area contributed by atoms with E-state index in [2.05, 4.69) is 17.0 Å². The minimum Gasteiger partial charge on any atom is -0.449 e. The van der Waals surface area contributed by atoms with Crippen LogP contribution in [0.2, 0.25) is 0 Å². The summed E-state index contributed by atoms with van der Waals surface area (Å²) in [4.78, 5) is 38.1. The number of carbonyl (C=O) groups excluding carboxylic acids is 2. The molecule has 194 valence electrons. The number of pyridine rings is 1. The molecule has 0 aromatic carbocycles. The van der Waals surface area contributed by atoms with E-state index in [1.54, 1.807) is 28.9 Å². The average Bonchev–Trinajstić information content (AvgIpc) is 3.39. The molecule has 0 spiro atoms. The molecule has 2 amide bonds. The van der Waals surface area contributed by atoms with Gasteiger partial charge in [0.1, 0.15) is 5.69 Å². The molecule has 11 heteroatoms. The van der Waals surface area contributed by atoms with Crippen molar-refractivity contribution in [3.63, 3.8) is 0 Å². The highest BCUT2D eigenvalue weighted by Crippen LogP contribution is 2.39. The van der Waals surface area contributed by atoms with Crippen molar-refractivity contribution >= 4 is 28.7 Å². The third-order valence-electron chi connectivity index (χ3n) is 6.40. The summed E-state index contributed by atoms with van der Waals surface area (Å²) in [5, 5.41) is 5.86. The number of anilines is 1. The van der Waals surface area contributed by atoms with Crippen LogP contribution in [0.5, 0.6) is 0 Å². The van der Waals surface area contributed by atoms with Crippen molar-refractivity contribution < 1.29 is 28.3 Å². The Morgan fingerprint density at radius 3 is 2.75 bits per heavy atom. The fourth-order valence-electron chi connectivity index (χ4n) is 4.50. The minimum atomic E-state index is -0.546. The minimum absolute atomic E-state index is 0.0130. The Kier molecular flexibility index (Phi) is 7.90. The van der Waals surface area contributed by atoms with Gasteiger partial charge in [-0.1, -0.05) is 6.92 Å². The summed E-state index contributed by atoms with van der Waals surface area (Å²) in [5.41, 5.74) is 2.14. The van der Waals surface area contributed by atoms with E-state index in [0.29, 0.717) is 41.8 Å². The zero-order valence-corrected chi connectivity index (χ0v) is 21.4. The number of fused-ring (bicyclic) bond motifs is 1. The zero-order chi connectivity index (χ0) is 25.8. The lowest BCUT2D eigenvalue weighted by atomic mass is 10.0. The van der Waals surface area contributed by atoms with E-state index in [4.69, 9.17) is 18.7 Å². The van der Waals surface area contributed by atoms with Crippen LogP contribution in [0.3, 0.4) is 0 Å². The molecule has 3 aromatic rings. The van der Waals surface area contributed by atoms with E-state index in [9.17, 15) is 9.59 Å². The van der Waals surface area contributed by atoms with Gasteiger partial charge >= 0.3 is 12.0 Å². The number of hydrogen-bond donors (Lipinski definition) is 0. The molecule has 36 heavy (non-hydrogen) atoms. The van der Waals surface area contributed by atoms with Crippen LogP contribution in [-0.4, -0.2) is 71.3 Å². The van der Waals surface area contributed by atoms with Gasteiger partial charge in [-0.15, -0.1) is 0 Å². The standard InChI is InChI=1S/C25H33N5O6/c1-6-18-11-17(9-8-10-35-18)30(25(32)34-7-2)22-19-12-20(16-13-27-28(3)15-16)26-14-21(19)36-23(22)24(31)29(4)33-5/h12-15,17-18H,6-11H2,1-5H3/t17?,18-/m0/s1. The van der Waals surface area contributed by atoms with E-state index >= 15 is 0 Å². The summed E-state index contributed by atoms with van der Waals surface area (Å²) in [5.74, 6) is -0.552. The molecule has 1 fully saturated rings. The van der Waals surface area contributed by atoms with Crippen molar-refractivity contribution in [3.8, 4) is 11.3 Å². The number of hydroxylamine groups is 2. The number of amides is 2. The summed E-state index contributed by atoms with van der Waals surface area (Å²) in [6.07, 6.45) is 7.43. The first-order chi connectivity index (χ1) is 17.4. The van der Waals surface area contributed by atoms with Gasteiger partial charge in [-0.3, -0.25) is 24.2 Å². The van der Waals surface area contributed by atoms with E-state index in [-0.39, 0.29) is 24.5 Å². The topological polar surface area (TPSA) is 112 Å². The fraction of sp³-hybridized carbons (Fsp3) is 0.520. The second-order valence-corrected chi connectivity index (χ2v) is 8.74. The Morgan fingerprint density at radius 2 is 2.08 bits per heavy atom. The number of hydrogen-bond acceptors (Lipinski definition) is 8. The predicted molar refractivity (Wildman–Crippen MR) is 132 cm³/mol. The number of nitrogens with zero attached hydrogens (tertiary/aromatic N) is 5. The van der Waals surface area contributed by atoms with E-state index in [1.165, 1.54) is 14.2 Å². The molecule has 0 saturated carbocycles. The first-order valence-electron chi connectivity index (χ1n) is 12.2. The molecule has 0 bridgehead atoms. The van der Waals surface area contributed by atoms with Gasteiger partial charge in [0, 0.05) is 43.9 Å². The number of aryl methyl sites for hydroxylation is 1. The lowest BCUT2D eigenvalue weighted by molar-refractivity contribution is -0.0771. The molecular formula is C25H33N5O6. The Bertz CT molecular complexity index is 1220. The Labute approximate surface area is 209 Å². The van der Waals surface area contributed by atoms with Gasteiger partial charge in [-0.05, 0) is 38.7 Å². The first-order valence-corrected chi connectivity index (χ1v) is 12.2. The quantitative estimate of drug-likeness (QED) is 0.445. The van der Waals surface area contributed by atoms with Crippen molar-refractivity contribution in [2.75, 3.05) is 32.3 Å². The number of rotatable bonds is 7. The van der Waals surface area contributed by atoms with Gasteiger partial charge in [0.2, 0.25) is 5.76 Å². The molecule has 0 N–H and O–H groups in total. The molecule has 4 heterocycles. The molecule has 1 aliphatic rings. The maximum Gasteiger partial charge on any atom is 0.414 e. The Hall–Kier alpha value is -3.44. The van der Waals surface area contributed by atoms with Crippen LogP contribution in [0, 0.1) is 0 Å². The summed E-state index contributed by atoms with van der Waals surface area (Å²) < 4.78 is 19.2. The van der Waals surface area contributed by atoms with Gasteiger partial charge in [-0.25, -0.2) is 9.86 Å². The number of aromatic nitrogens is 3. The molecule has 1 saturated heterocycles. The van der Waals surface area contributed by atoms with Crippen LogP contribution in [0.15, 0.2) is 29.1 Å². The molecular weight excluding hydrogens is 466 g/mol. The largest absolute Gasteiger partial charge is 0.449 e. The van der Waals surface area contributed by atoms with Gasteiger partial charge in [0.25, 0.3) is 0 Å². The van der Waals surface area contributed by atoms with Gasteiger partial charge in [-0.2, -0.15) is 5.10 Å². The zero-order valence-electron chi connectivity index (χ0n) is 21.4. The number of furan rings is 1. The van der Waals surface area contributed by atoms with Crippen LogP contribution in [0.4, 0.5) is 10.5 Å². The fourth-order valence-corrected chi connectivity index (χ4v) is 4.50. The van der Waals surface area contributed by atoms with Crippen molar-refractivity contribution in [3.05, 3.63) is 30.4 Å². The highest BCUT2D eigenvalue weighted by atomic mass is 16.7. The average molecular weight is 500 g/mol. The third kappa shape index (κ3) is 5.07. The van der Waals surface area contributed by atoms with E-state index in [1.807, 2.05) is 19.3 Å². The molecule has 0 radical (unpaired) electrons. The van der Waals surface area contributed by atoms with Crippen molar-refractivity contribution in [1.29, 1.82) is 0 Å². The summed E-state index contributed by atoms with van der Waals surface area (Å²) in [6, 6.07) is 1.55. The van der Waals surface area contributed by atoms with Crippen LogP contribution in [-0.2, 0) is 21.4 Å². The summed E-state index contributed by atoms with van der Waals surface area (Å²) >= 11 is 0. The van der Waals surface area contributed by atoms with Crippen molar-refractivity contribution in [1.82, 2.24) is 19.8 Å². The maximum absolute atomic E-state index is 13.5. The lowest BCUT2D eigenvalue weighted by Gasteiger charge is -2.31.